The molecule has 6 nitrogen and oxygen atoms in total. The van der Waals surface area contributed by atoms with Crippen LogP contribution in [0.5, 0.6) is 0 Å². The Balaban J connectivity index is 1.76. The zero-order chi connectivity index (χ0) is 18.5. The third kappa shape index (κ3) is 3.92. The molecule has 0 bridgehead atoms. The van der Waals surface area contributed by atoms with Gasteiger partial charge in [-0.3, -0.25) is 0 Å². The molecule has 2 aromatic carbocycles. The largest absolute Gasteiger partial charge is 0.454 e. The van der Waals surface area contributed by atoms with Crippen LogP contribution in [0.4, 0.5) is 0 Å². The molecule has 1 aliphatic rings. The van der Waals surface area contributed by atoms with Gasteiger partial charge < -0.3 is 19.7 Å². The van der Waals surface area contributed by atoms with Crippen molar-refractivity contribution < 1.29 is 29.3 Å². The zero-order valence-electron chi connectivity index (χ0n) is 14.0. The summed E-state index contributed by atoms with van der Waals surface area (Å²) >= 11 is 0. The summed E-state index contributed by atoms with van der Waals surface area (Å²) in [7, 11) is 0. The predicted molar refractivity (Wildman–Crippen MR) is 92.5 cm³/mol. The first-order valence-electron chi connectivity index (χ1n) is 8.41. The number of aliphatic hydroxyl groups is 2. The van der Waals surface area contributed by atoms with E-state index in [-0.39, 0.29) is 13.0 Å². The molecule has 26 heavy (non-hydrogen) atoms. The number of rotatable bonds is 5. The van der Waals surface area contributed by atoms with Crippen LogP contribution < -0.4 is 0 Å². The standard InChI is InChI=1S/C20H20O6/c21-12-15-11-16(22)18(26-20(24)14-9-5-2-6-10-14)17(15)25-19(23)13-7-3-1-4-8-13/h1-10,15-18,21-22H,11-12H2. The highest BCUT2D eigenvalue weighted by Crippen LogP contribution is 2.32. The average Bonchev–Trinajstić information content (AvgIpc) is 2.98. The normalized spacial score (nSPS) is 24.8. The molecule has 1 fully saturated rings. The van der Waals surface area contributed by atoms with Gasteiger partial charge in [0.15, 0.2) is 6.10 Å². The highest BCUT2D eigenvalue weighted by molar-refractivity contribution is 5.90. The van der Waals surface area contributed by atoms with Crippen LogP contribution in [-0.4, -0.2) is 47.1 Å². The lowest BCUT2D eigenvalue weighted by Crippen LogP contribution is -2.39. The third-order valence-electron chi connectivity index (χ3n) is 4.45. The average molecular weight is 356 g/mol. The molecule has 0 aromatic heterocycles. The van der Waals surface area contributed by atoms with Gasteiger partial charge in [-0.2, -0.15) is 0 Å². The molecule has 0 saturated heterocycles. The quantitative estimate of drug-likeness (QED) is 0.794. The van der Waals surface area contributed by atoms with Gasteiger partial charge in [-0.1, -0.05) is 36.4 Å². The lowest BCUT2D eigenvalue weighted by Gasteiger charge is -2.25. The van der Waals surface area contributed by atoms with Gasteiger partial charge in [-0.05, 0) is 30.7 Å². The van der Waals surface area contributed by atoms with Crippen molar-refractivity contribution >= 4 is 11.9 Å². The molecule has 3 rings (SSSR count). The van der Waals surface area contributed by atoms with Gasteiger partial charge in [0.25, 0.3) is 0 Å². The Bertz CT molecular complexity index is 745. The molecular formula is C20H20O6. The first-order chi connectivity index (χ1) is 12.6. The van der Waals surface area contributed by atoms with Crippen LogP contribution in [0.2, 0.25) is 0 Å². The Hall–Kier alpha value is -2.70. The SMILES string of the molecule is O=C(OC1C(O)CC(CO)C1OC(=O)c1ccccc1)c1ccccc1. The van der Waals surface area contributed by atoms with Crippen molar-refractivity contribution in [2.24, 2.45) is 5.92 Å². The molecule has 2 aromatic rings. The van der Waals surface area contributed by atoms with E-state index in [0.717, 1.165) is 0 Å². The molecule has 4 unspecified atom stereocenters. The highest BCUT2D eigenvalue weighted by atomic mass is 16.6. The lowest BCUT2D eigenvalue weighted by molar-refractivity contribution is -0.0627. The fourth-order valence-corrected chi connectivity index (χ4v) is 3.08. The number of hydrogen-bond acceptors (Lipinski definition) is 6. The molecule has 1 saturated carbocycles. The van der Waals surface area contributed by atoms with Gasteiger partial charge in [0.2, 0.25) is 0 Å². The van der Waals surface area contributed by atoms with Crippen LogP contribution in [0.3, 0.4) is 0 Å². The maximum atomic E-state index is 12.3. The topological polar surface area (TPSA) is 93.1 Å². The van der Waals surface area contributed by atoms with E-state index in [0.29, 0.717) is 11.1 Å². The second-order valence-corrected chi connectivity index (χ2v) is 6.22. The second-order valence-electron chi connectivity index (χ2n) is 6.22. The Morgan fingerprint density at radius 2 is 1.31 bits per heavy atom. The van der Waals surface area contributed by atoms with E-state index in [1.807, 2.05) is 0 Å². The smallest absolute Gasteiger partial charge is 0.338 e. The fourth-order valence-electron chi connectivity index (χ4n) is 3.08. The number of carbonyl (C=O) groups excluding carboxylic acids is 2. The van der Waals surface area contributed by atoms with Crippen LogP contribution in [0, 0.1) is 5.92 Å². The summed E-state index contributed by atoms with van der Waals surface area (Å²) in [6.45, 7) is -0.289. The van der Waals surface area contributed by atoms with Gasteiger partial charge in [0.05, 0.1) is 17.2 Å². The number of aliphatic hydroxyl groups excluding tert-OH is 2. The molecule has 0 radical (unpaired) electrons. The maximum absolute atomic E-state index is 12.3. The highest BCUT2D eigenvalue weighted by Gasteiger charge is 2.47. The third-order valence-corrected chi connectivity index (χ3v) is 4.45. The Kier molecular flexibility index (Phi) is 5.65. The molecule has 6 heteroatoms. The van der Waals surface area contributed by atoms with E-state index in [1.54, 1.807) is 60.7 Å². The molecule has 4 atom stereocenters. The van der Waals surface area contributed by atoms with Crippen molar-refractivity contribution in [2.45, 2.75) is 24.7 Å². The minimum absolute atomic E-state index is 0.177. The van der Waals surface area contributed by atoms with Crippen LogP contribution in [0.25, 0.3) is 0 Å². The summed E-state index contributed by atoms with van der Waals surface area (Å²) in [5.74, 6) is -1.72. The Morgan fingerprint density at radius 3 is 1.77 bits per heavy atom. The van der Waals surface area contributed by atoms with Crippen molar-refractivity contribution in [3.05, 3.63) is 71.8 Å². The van der Waals surface area contributed by atoms with Gasteiger partial charge in [0.1, 0.15) is 6.10 Å². The van der Waals surface area contributed by atoms with Crippen LogP contribution in [-0.2, 0) is 9.47 Å². The van der Waals surface area contributed by atoms with E-state index in [1.165, 1.54) is 0 Å². The predicted octanol–water partition coefficient (Wildman–Crippen LogP) is 1.81. The van der Waals surface area contributed by atoms with Crippen LogP contribution >= 0.6 is 0 Å². The number of ether oxygens (including phenoxy) is 2. The molecule has 0 amide bonds. The van der Waals surface area contributed by atoms with Crippen molar-refractivity contribution in [3.8, 4) is 0 Å². The minimum Gasteiger partial charge on any atom is -0.454 e. The molecule has 0 spiro atoms. The first-order valence-corrected chi connectivity index (χ1v) is 8.41. The Labute approximate surface area is 151 Å². The van der Waals surface area contributed by atoms with E-state index in [2.05, 4.69) is 0 Å². The summed E-state index contributed by atoms with van der Waals surface area (Å²) in [6.07, 6.45) is -2.80. The van der Waals surface area contributed by atoms with Crippen LogP contribution in [0.1, 0.15) is 27.1 Å². The molecule has 1 aliphatic carbocycles. The van der Waals surface area contributed by atoms with Crippen molar-refractivity contribution in [3.63, 3.8) is 0 Å². The zero-order valence-corrected chi connectivity index (χ0v) is 14.0. The first kappa shape index (κ1) is 18.1. The molecule has 2 N–H and O–H groups in total. The summed E-state index contributed by atoms with van der Waals surface area (Å²) in [5.41, 5.74) is 0.680. The minimum atomic E-state index is -1.03. The van der Waals surface area contributed by atoms with E-state index >= 15 is 0 Å². The van der Waals surface area contributed by atoms with Gasteiger partial charge in [-0.25, -0.2) is 9.59 Å². The van der Waals surface area contributed by atoms with Gasteiger partial charge in [-0.15, -0.1) is 0 Å². The lowest BCUT2D eigenvalue weighted by atomic mass is 10.1. The summed E-state index contributed by atoms with van der Waals surface area (Å²) in [6, 6.07) is 16.8. The molecular weight excluding hydrogens is 336 g/mol. The van der Waals surface area contributed by atoms with E-state index < -0.39 is 36.2 Å². The molecule has 0 heterocycles. The van der Waals surface area contributed by atoms with Crippen molar-refractivity contribution in [1.82, 2.24) is 0 Å². The number of hydrogen-bond donors (Lipinski definition) is 2. The number of esters is 2. The van der Waals surface area contributed by atoms with Crippen LogP contribution in [0.15, 0.2) is 60.7 Å². The van der Waals surface area contributed by atoms with Gasteiger partial charge >= 0.3 is 11.9 Å². The fraction of sp³-hybridized carbons (Fsp3) is 0.300. The Morgan fingerprint density at radius 1 is 0.846 bits per heavy atom. The maximum Gasteiger partial charge on any atom is 0.338 e. The van der Waals surface area contributed by atoms with Crippen molar-refractivity contribution in [2.75, 3.05) is 6.61 Å². The summed E-state index contributed by atoms with van der Waals surface area (Å²) in [5, 5.41) is 19.8. The second kappa shape index (κ2) is 8.12. The number of carbonyl (C=O) groups is 2. The number of benzene rings is 2. The monoisotopic (exact) mass is 356 g/mol. The van der Waals surface area contributed by atoms with E-state index in [9.17, 15) is 19.8 Å². The summed E-state index contributed by atoms with van der Waals surface area (Å²) < 4.78 is 10.9. The van der Waals surface area contributed by atoms with E-state index in [4.69, 9.17) is 9.47 Å². The van der Waals surface area contributed by atoms with Gasteiger partial charge in [0, 0.05) is 12.5 Å². The molecule has 136 valence electrons. The summed E-state index contributed by atoms with van der Waals surface area (Å²) in [4.78, 5) is 24.7. The van der Waals surface area contributed by atoms with Crippen molar-refractivity contribution in [1.29, 1.82) is 0 Å². The molecule has 0 aliphatic heterocycles.